The van der Waals surface area contributed by atoms with Gasteiger partial charge in [0.1, 0.15) is 4.90 Å². The van der Waals surface area contributed by atoms with Gasteiger partial charge in [-0.15, -0.1) is 0 Å². The third kappa shape index (κ3) is 3.15. The summed E-state index contributed by atoms with van der Waals surface area (Å²) < 4.78 is 30.4. The first-order valence-corrected chi connectivity index (χ1v) is 9.37. The number of nitrogens with two attached hydrogens (primary N) is 1. The molecule has 0 spiro atoms. The van der Waals surface area contributed by atoms with Gasteiger partial charge in [-0.2, -0.15) is 8.42 Å². The molecule has 2 aromatic rings. The Morgan fingerprint density at radius 1 is 1.19 bits per heavy atom. The molecule has 1 atom stereocenters. The van der Waals surface area contributed by atoms with E-state index in [0.717, 1.165) is 5.56 Å². The topological polar surface area (TPSA) is 107 Å². The Hall–Kier alpha value is -2.87. The van der Waals surface area contributed by atoms with E-state index in [-0.39, 0.29) is 28.2 Å². The van der Waals surface area contributed by atoms with Gasteiger partial charge in [0.25, 0.3) is 5.91 Å². The fourth-order valence-electron chi connectivity index (χ4n) is 3.15. The second-order valence-corrected chi connectivity index (χ2v) is 7.68. The molecule has 0 unspecified atom stereocenters. The molecule has 0 bridgehead atoms. The summed E-state index contributed by atoms with van der Waals surface area (Å²) in [7, 11) is -4.16. The molecule has 2 aromatic carbocycles. The summed E-state index contributed by atoms with van der Waals surface area (Å²) in [4.78, 5) is 24.8. The maximum absolute atomic E-state index is 12.6. The lowest BCUT2D eigenvalue weighted by Crippen LogP contribution is -2.33. The second-order valence-electron chi connectivity index (χ2n) is 6.13. The van der Waals surface area contributed by atoms with Crippen LogP contribution in [-0.4, -0.2) is 26.3 Å². The predicted octanol–water partition coefficient (Wildman–Crippen LogP) is 1.85. The van der Waals surface area contributed by atoms with Crippen LogP contribution in [0.15, 0.2) is 47.4 Å². The van der Waals surface area contributed by atoms with Gasteiger partial charge in [-0.3, -0.25) is 9.59 Å². The number of para-hydroxylation sites is 1. The third-order valence-electron chi connectivity index (χ3n) is 4.25. The lowest BCUT2D eigenvalue weighted by molar-refractivity contribution is -0.116. The van der Waals surface area contributed by atoms with Crippen LogP contribution in [0.5, 0.6) is 5.75 Å². The maximum Gasteiger partial charge on any atom is 0.339 e. The van der Waals surface area contributed by atoms with Gasteiger partial charge < -0.3 is 14.8 Å². The maximum atomic E-state index is 12.6. The van der Waals surface area contributed by atoms with E-state index >= 15 is 0 Å². The Balaban J connectivity index is 1.97. The number of hydrogen-bond acceptors (Lipinski definition) is 5. The number of carbonyl (C=O) groups excluding carboxylic acids is 2. The van der Waals surface area contributed by atoms with Crippen molar-refractivity contribution in [1.29, 1.82) is 0 Å². The number of primary amides is 1. The SMILES string of the molecule is CC(=O)N1c2ccc(S(=O)(=O)Oc3ccccc3C(N)=O)cc2C[C@@H]1C. The summed E-state index contributed by atoms with van der Waals surface area (Å²) in [5.74, 6) is -1.01. The molecule has 1 aliphatic heterocycles. The number of carbonyl (C=O) groups is 2. The fraction of sp³-hybridized carbons (Fsp3) is 0.222. The molecule has 1 aliphatic rings. The Kier molecular flexibility index (Phi) is 4.45. The van der Waals surface area contributed by atoms with Crippen LogP contribution in [0.3, 0.4) is 0 Å². The minimum absolute atomic E-state index is 0.0198. The molecule has 136 valence electrons. The Morgan fingerprint density at radius 3 is 2.54 bits per heavy atom. The van der Waals surface area contributed by atoms with Gasteiger partial charge >= 0.3 is 10.1 Å². The van der Waals surface area contributed by atoms with Crippen molar-refractivity contribution in [2.45, 2.75) is 31.2 Å². The molecule has 0 aliphatic carbocycles. The van der Waals surface area contributed by atoms with Crippen LogP contribution in [0, 0.1) is 0 Å². The summed E-state index contributed by atoms with van der Waals surface area (Å²) >= 11 is 0. The van der Waals surface area contributed by atoms with Crippen LogP contribution >= 0.6 is 0 Å². The standard InChI is InChI=1S/C18H18N2O5S/c1-11-9-13-10-14(7-8-16(13)20(11)12(2)21)26(23,24)25-17-6-4-3-5-15(17)18(19)22/h3-8,10-11H,9H2,1-2H3,(H2,19,22)/t11-/m0/s1. The number of nitrogens with zero attached hydrogens (tertiary/aromatic N) is 1. The first-order chi connectivity index (χ1) is 12.2. The number of anilines is 1. The van der Waals surface area contributed by atoms with Gasteiger partial charge in [-0.05, 0) is 49.2 Å². The first kappa shape index (κ1) is 17.9. The highest BCUT2D eigenvalue weighted by molar-refractivity contribution is 7.87. The summed E-state index contributed by atoms with van der Waals surface area (Å²) in [5.41, 5.74) is 6.68. The minimum atomic E-state index is -4.16. The summed E-state index contributed by atoms with van der Waals surface area (Å²) in [5, 5.41) is 0. The quantitative estimate of drug-likeness (QED) is 0.822. The molecule has 2 amide bonds. The highest BCUT2D eigenvalue weighted by Gasteiger charge is 2.31. The van der Waals surface area contributed by atoms with Crippen LogP contribution in [0.2, 0.25) is 0 Å². The van der Waals surface area contributed by atoms with Crippen molar-refractivity contribution in [3.63, 3.8) is 0 Å². The van der Waals surface area contributed by atoms with E-state index in [2.05, 4.69) is 0 Å². The van der Waals surface area contributed by atoms with Gasteiger partial charge in [0.05, 0.1) is 5.56 Å². The zero-order valence-electron chi connectivity index (χ0n) is 14.3. The second kappa shape index (κ2) is 6.45. The molecular formula is C18H18N2O5S. The van der Waals surface area contributed by atoms with Crippen LogP contribution in [-0.2, 0) is 21.3 Å². The van der Waals surface area contributed by atoms with Crippen molar-refractivity contribution >= 4 is 27.6 Å². The first-order valence-electron chi connectivity index (χ1n) is 7.97. The lowest BCUT2D eigenvalue weighted by atomic mass is 10.1. The predicted molar refractivity (Wildman–Crippen MR) is 95.5 cm³/mol. The molecular weight excluding hydrogens is 356 g/mol. The number of benzene rings is 2. The largest absolute Gasteiger partial charge is 0.378 e. The third-order valence-corrected chi connectivity index (χ3v) is 5.48. The van der Waals surface area contributed by atoms with E-state index in [9.17, 15) is 18.0 Å². The van der Waals surface area contributed by atoms with Crippen molar-refractivity contribution in [2.75, 3.05) is 4.90 Å². The molecule has 0 aromatic heterocycles. The highest BCUT2D eigenvalue weighted by atomic mass is 32.2. The number of amides is 2. The van der Waals surface area contributed by atoms with E-state index in [1.165, 1.54) is 31.2 Å². The van der Waals surface area contributed by atoms with Crippen LogP contribution in [0.1, 0.15) is 29.8 Å². The van der Waals surface area contributed by atoms with Gasteiger partial charge in [0.15, 0.2) is 5.75 Å². The monoisotopic (exact) mass is 374 g/mol. The van der Waals surface area contributed by atoms with Crippen molar-refractivity contribution in [1.82, 2.24) is 0 Å². The molecule has 8 heteroatoms. The normalized spacial score (nSPS) is 16.2. The van der Waals surface area contributed by atoms with Crippen LogP contribution in [0.25, 0.3) is 0 Å². The number of hydrogen-bond donors (Lipinski definition) is 1. The van der Waals surface area contributed by atoms with Crippen molar-refractivity contribution in [3.8, 4) is 5.75 Å². The average molecular weight is 374 g/mol. The molecule has 3 rings (SSSR count). The molecule has 26 heavy (non-hydrogen) atoms. The van der Waals surface area contributed by atoms with Gasteiger partial charge in [-0.25, -0.2) is 0 Å². The molecule has 0 fully saturated rings. The van der Waals surface area contributed by atoms with E-state index in [1.54, 1.807) is 23.1 Å². The van der Waals surface area contributed by atoms with Crippen LogP contribution < -0.4 is 14.8 Å². The van der Waals surface area contributed by atoms with Gasteiger partial charge in [0, 0.05) is 18.7 Å². The number of rotatable bonds is 4. The van der Waals surface area contributed by atoms with Crippen LogP contribution in [0.4, 0.5) is 5.69 Å². The molecule has 1 heterocycles. The van der Waals surface area contributed by atoms with Gasteiger partial charge in [0.2, 0.25) is 5.91 Å². The fourth-order valence-corrected chi connectivity index (χ4v) is 4.15. The average Bonchev–Trinajstić information content (AvgIpc) is 2.89. The lowest BCUT2D eigenvalue weighted by Gasteiger charge is -2.20. The molecule has 2 N–H and O–H groups in total. The summed E-state index contributed by atoms with van der Waals surface area (Å²) in [6.07, 6.45) is 0.552. The minimum Gasteiger partial charge on any atom is -0.378 e. The zero-order valence-corrected chi connectivity index (χ0v) is 15.1. The van der Waals surface area contributed by atoms with Crippen molar-refractivity contribution in [2.24, 2.45) is 5.73 Å². The Morgan fingerprint density at radius 2 is 1.88 bits per heavy atom. The Labute approximate surface area is 151 Å². The molecule has 7 nitrogen and oxygen atoms in total. The van der Waals surface area contributed by atoms with E-state index < -0.39 is 16.0 Å². The zero-order chi connectivity index (χ0) is 19.1. The molecule has 0 saturated heterocycles. The van der Waals surface area contributed by atoms with Gasteiger partial charge in [-0.1, -0.05) is 12.1 Å². The summed E-state index contributed by atoms with van der Waals surface area (Å²) in [6.45, 7) is 3.37. The Bertz CT molecular complexity index is 1000. The number of fused-ring (bicyclic) bond motifs is 1. The summed E-state index contributed by atoms with van der Waals surface area (Å²) in [6, 6.07) is 10.3. The van der Waals surface area contributed by atoms with Crippen molar-refractivity contribution < 1.29 is 22.2 Å². The van der Waals surface area contributed by atoms with E-state index in [0.29, 0.717) is 12.1 Å². The highest BCUT2D eigenvalue weighted by Crippen LogP contribution is 2.34. The molecule has 0 saturated carbocycles. The van der Waals surface area contributed by atoms with E-state index in [1.807, 2.05) is 6.92 Å². The smallest absolute Gasteiger partial charge is 0.339 e. The van der Waals surface area contributed by atoms with Crippen molar-refractivity contribution in [3.05, 3.63) is 53.6 Å². The van der Waals surface area contributed by atoms with E-state index in [4.69, 9.17) is 9.92 Å². The molecule has 0 radical (unpaired) electrons.